The molecule has 0 spiro atoms. The van der Waals surface area contributed by atoms with Gasteiger partial charge in [-0.1, -0.05) is 6.07 Å². The summed E-state index contributed by atoms with van der Waals surface area (Å²) < 4.78 is 26.4. The third kappa shape index (κ3) is 4.42. The summed E-state index contributed by atoms with van der Waals surface area (Å²) in [5, 5.41) is 11.2. The molecule has 0 bridgehead atoms. The van der Waals surface area contributed by atoms with Crippen LogP contribution >= 0.6 is 11.8 Å². The Bertz CT molecular complexity index is 553. The van der Waals surface area contributed by atoms with Gasteiger partial charge in [0.25, 0.3) is 0 Å². The van der Waals surface area contributed by atoms with E-state index in [9.17, 15) is 18.4 Å². The van der Waals surface area contributed by atoms with E-state index < -0.39 is 17.6 Å². The molecule has 0 heterocycles. The maximum absolute atomic E-state index is 13.6. The van der Waals surface area contributed by atoms with Crippen molar-refractivity contribution < 1.29 is 23.5 Å². The van der Waals surface area contributed by atoms with Gasteiger partial charge in [0, 0.05) is 24.3 Å². The van der Waals surface area contributed by atoms with Gasteiger partial charge in [0.1, 0.15) is 11.6 Å². The van der Waals surface area contributed by atoms with Crippen molar-refractivity contribution in [3.63, 3.8) is 0 Å². The number of rotatable bonds is 7. The predicted octanol–water partition coefficient (Wildman–Crippen LogP) is 2.00. The fraction of sp³-hybridized carbons (Fsp3) is 0.429. The molecule has 1 amide bonds. The van der Waals surface area contributed by atoms with E-state index in [1.807, 2.05) is 0 Å². The number of aliphatic carboxylic acids is 1. The number of carboxylic acids is 1. The molecule has 0 aliphatic heterocycles. The van der Waals surface area contributed by atoms with Crippen LogP contribution in [0.25, 0.3) is 0 Å². The molecular formula is C14H15F2NO3S. The van der Waals surface area contributed by atoms with Crippen LogP contribution < -0.4 is 5.32 Å². The number of carbonyl (C=O) groups excluding carboxylic acids is 1. The molecule has 1 aromatic rings. The van der Waals surface area contributed by atoms with Crippen molar-refractivity contribution in [1.82, 2.24) is 5.32 Å². The second kappa shape index (κ2) is 6.89. The van der Waals surface area contributed by atoms with Crippen molar-refractivity contribution >= 4 is 23.6 Å². The molecule has 2 rings (SSSR count). The van der Waals surface area contributed by atoms with Crippen LogP contribution in [0.5, 0.6) is 0 Å². The number of carbonyl (C=O) groups is 2. The van der Waals surface area contributed by atoms with Crippen LogP contribution in [0.1, 0.15) is 17.9 Å². The average molecular weight is 315 g/mol. The van der Waals surface area contributed by atoms with E-state index >= 15 is 0 Å². The van der Waals surface area contributed by atoms with Crippen molar-refractivity contribution in [3.05, 3.63) is 35.4 Å². The number of halogens is 2. The largest absolute Gasteiger partial charge is 0.481 e. The van der Waals surface area contributed by atoms with Crippen molar-refractivity contribution in [1.29, 1.82) is 0 Å². The van der Waals surface area contributed by atoms with Gasteiger partial charge in [-0.3, -0.25) is 9.59 Å². The molecule has 0 radical (unpaired) electrons. The highest BCUT2D eigenvalue weighted by atomic mass is 32.2. The zero-order valence-electron chi connectivity index (χ0n) is 11.1. The normalized spacial score (nSPS) is 20.1. The number of hydrogen-bond acceptors (Lipinski definition) is 3. The van der Waals surface area contributed by atoms with Crippen LogP contribution in [0.2, 0.25) is 0 Å². The van der Waals surface area contributed by atoms with E-state index in [0.717, 1.165) is 6.07 Å². The molecular weight excluding hydrogens is 300 g/mol. The Morgan fingerprint density at radius 1 is 1.38 bits per heavy atom. The van der Waals surface area contributed by atoms with Gasteiger partial charge < -0.3 is 10.4 Å². The van der Waals surface area contributed by atoms with Gasteiger partial charge in [0.2, 0.25) is 5.91 Å². The Morgan fingerprint density at radius 2 is 2.14 bits per heavy atom. The number of thioether (sulfide) groups is 1. The van der Waals surface area contributed by atoms with Gasteiger partial charge in [0.05, 0.1) is 5.75 Å². The monoisotopic (exact) mass is 315 g/mol. The van der Waals surface area contributed by atoms with Gasteiger partial charge >= 0.3 is 5.97 Å². The molecule has 1 aromatic carbocycles. The van der Waals surface area contributed by atoms with E-state index in [4.69, 9.17) is 5.11 Å². The lowest BCUT2D eigenvalue weighted by atomic mass is 10.1. The number of hydrogen-bond donors (Lipinski definition) is 2. The lowest BCUT2D eigenvalue weighted by Crippen LogP contribution is -2.27. The van der Waals surface area contributed by atoms with Gasteiger partial charge in [-0.25, -0.2) is 8.78 Å². The Kier molecular flexibility index (Phi) is 5.17. The molecule has 2 unspecified atom stereocenters. The Balaban J connectivity index is 1.75. The molecule has 1 fully saturated rings. The lowest BCUT2D eigenvalue weighted by Gasteiger charge is -2.05. The topological polar surface area (TPSA) is 66.4 Å². The highest BCUT2D eigenvalue weighted by Gasteiger charge is 2.45. The minimum atomic E-state index is -0.889. The Morgan fingerprint density at radius 3 is 2.81 bits per heavy atom. The van der Waals surface area contributed by atoms with Crippen molar-refractivity contribution in [2.75, 3.05) is 18.1 Å². The summed E-state index contributed by atoms with van der Waals surface area (Å²) in [4.78, 5) is 22.1. The van der Waals surface area contributed by atoms with Gasteiger partial charge in [-0.2, -0.15) is 0 Å². The summed E-state index contributed by atoms with van der Waals surface area (Å²) in [6.07, 6.45) is 0.552. The van der Waals surface area contributed by atoms with Gasteiger partial charge in [-0.15, -0.1) is 11.8 Å². The molecule has 1 aliphatic rings. The Labute approximate surface area is 124 Å². The van der Waals surface area contributed by atoms with Crippen LogP contribution in [0.4, 0.5) is 8.78 Å². The first-order valence-corrected chi connectivity index (χ1v) is 7.66. The number of nitrogens with one attached hydrogen (secondary N) is 1. The van der Waals surface area contributed by atoms with E-state index in [2.05, 4.69) is 5.32 Å². The molecule has 0 saturated heterocycles. The van der Waals surface area contributed by atoms with E-state index in [-0.39, 0.29) is 23.5 Å². The molecule has 1 aliphatic carbocycles. The number of carboxylic acid groups (broad SMARTS) is 1. The number of amides is 1. The minimum absolute atomic E-state index is 0.00269. The molecule has 2 atom stereocenters. The third-order valence-electron chi connectivity index (χ3n) is 3.26. The first-order chi connectivity index (χ1) is 9.99. The number of benzene rings is 1. The van der Waals surface area contributed by atoms with Crippen LogP contribution in [-0.4, -0.2) is 35.0 Å². The highest BCUT2D eigenvalue weighted by Crippen LogP contribution is 2.48. The van der Waals surface area contributed by atoms with Crippen LogP contribution in [0, 0.1) is 17.6 Å². The molecule has 1 saturated carbocycles. The third-order valence-corrected chi connectivity index (χ3v) is 4.20. The maximum atomic E-state index is 13.6. The second-order valence-corrected chi connectivity index (χ2v) is 5.96. The average Bonchev–Trinajstić information content (AvgIpc) is 3.18. The standard InChI is InChI=1S/C14H15F2NO3S/c15-8-1-2-9(12(16)5-8)10-6-11(10)14(20)17-3-4-21-7-13(18)19/h1-2,5,10-11H,3-4,6-7H2,(H,17,20)(H,18,19). The first-order valence-electron chi connectivity index (χ1n) is 6.51. The maximum Gasteiger partial charge on any atom is 0.313 e. The van der Waals surface area contributed by atoms with Crippen LogP contribution in [-0.2, 0) is 9.59 Å². The van der Waals surface area contributed by atoms with Gasteiger partial charge in [0.15, 0.2) is 0 Å². The molecule has 0 aromatic heterocycles. The fourth-order valence-electron chi connectivity index (χ4n) is 2.17. The Hall–Kier alpha value is -1.63. The van der Waals surface area contributed by atoms with E-state index in [0.29, 0.717) is 24.3 Å². The van der Waals surface area contributed by atoms with Crippen molar-refractivity contribution in [3.8, 4) is 0 Å². The lowest BCUT2D eigenvalue weighted by molar-refractivity contribution is -0.133. The fourth-order valence-corrected chi connectivity index (χ4v) is 2.73. The summed E-state index contributed by atoms with van der Waals surface area (Å²) >= 11 is 1.22. The minimum Gasteiger partial charge on any atom is -0.481 e. The molecule has 7 heteroatoms. The molecule has 4 nitrogen and oxygen atoms in total. The van der Waals surface area contributed by atoms with Crippen LogP contribution in [0.3, 0.4) is 0 Å². The molecule has 21 heavy (non-hydrogen) atoms. The summed E-state index contributed by atoms with van der Waals surface area (Å²) in [5.74, 6) is -2.27. The summed E-state index contributed by atoms with van der Waals surface area (Å²) in [7, 11) is 0. The zero-order chi connectivity index (χ0) is 15.4. The summed E-state index contributed by atoms with van der Waals surface area (Å²) in [6.45, 7) is 0.381. The van der Waals surface area contributed by atoms with Crippen molar-refractivity contribution in [2.24, 2.45) is 5.92 Å². The molecule has 114 valence electrons. The summed E-state index contributed by atoms with van der Waals surface area (Å²) in [6, 6.07) is 3.39. The predicted molar refractivity (Wildman–Crippen MR) is 75.2 cm³/mol. The quantitative estimate of drug-likeness (QED) is 0.755. The second-order valence-electron chi connectivity index (χ2n) is 4.85. The first kappa shape index (κ1) is 15.8. The smallest absolute Gasteiger partial charge is 0.313 e. The molecule has 2 N–H and O–H groups in total. The highest BCUT2D eigenvalue weighted by molar-refractivity contribution is 7.99. The summed E-state index contributed by atoms with van der Waals surface area (Å²) in [5.41, 5.74) is 0.372. The van der Waals surface area contributed by atoms with Crippen LogP contribution in [0.15, 0.2) is 18.2 Å². The SMILES string of the molecule is O=C(O)CSCCNC(=O)C1CC1c1ccc(F)cc1F. The van der Waals surface area contributed by atoms with Gasteiger partial charge in [-0.05, 0) is 24.0 Å². The van der Waals surface area contributed by atoms with Crippen molar-refractivity contribution in [2.45, 2.75) is 12.3 Å². The van der Waals surface area contributed by atoms with E-state index in [1.54, 1.807) is 0 Å². The van der Waals surface area contributed by atoms with E-state index in [1.165, 1.54) is 23.9 Å². The zero-order valence-corrected chi connectivity index (χ0v) is 12.0.